The van der Waals surface area contributed by atoms with Gasteiger partial charge in [0.15, 0.2) is 0 Å². The zero-order chi connectivity index (χ0) is 35.8. The summed E-state index contributed by atoms with van der Waals surface area (Å²) in [5.74, 6) is -0.946. The second-order valence-electron chi connectivity index (χ2n) is 11.3. The molecule has 4 aromatic carbocycles. The van der Waals surface area contributed by atoms with Crippen LogP contribution in [0.5, 0.6) is 23.0 Å². The summed E-state index contributed by atoms with van der Waals surface area (Å²) in [4.78, 5) is 49.5. The van der Waals surface area contributed by atoms with Gasteiger partial charge in [-0.1, -0.05) is 74.3 Å². The molecule has 0 aliphatic carbocycles. The van der Waals surface area contributed by atoms with Crippen LogP contribution in [-0.4, -0.2) is 23.9 Å². The van der Waals surface area contributed by atoms with E-state index in [0.717, 1.165) is 0 Å². The SMILES string of the molecule is C=C(C)C(=O)Oc1ccc(-c2ccc(-c3ccc(-c4ccc(OC(=O)C(=C)C)cc4)c(OC(=O)/C(C)=C/C)c3)cc2OC(=O)C(=C)C)cc1. The highest BCUT2D eigenvalue weighted by Crippen LogP contribution is 2.39. The summed E-state index contributed by atoms with van der Waals surface area (Å²) >= 11 is 0. The molecule has 0 radical (unpaired) electrons. The first-order valence-electron chi connectivity index (χ1n) is 15.2. The minimum absolute atomic E-state index is 0.219. The number of carbonyl (C=O) groups is 4. The molecule has 8 heteroatoms. The van der Waals surface area contributed by atoms with Crippen molar-refractivity contribution in [2.45, 2.75) is 34.6 Å². The van der Waals surface area contributed by atoms with Gasteiger partial charge in [0.05, 0.1) is 0 Å². The third-order valence-corrected chi connectivity index (χ3v) is 7.25. The van der Waals surface area contributed by atoms with E-state index in [1.54, 1.807) is 107 Å². The molecule has 0 unspecified atom stereocenters. The molecule has 49 heavy (non-hydrogen) atoms. The molecule has 0 aliphatic heterocycles. The normalized spacial score (nSPS) is 10.8. The van der Waals surface area contributed by atoms with Crippen LogP contribution in [0.25, 0.3) is 33.4 Å². The number of hydrogen-bond acceptors (Lipinski definition) is 8. The van der Waals surface area contributed by atoms with Crippen LogP contribution in [-0.2, 0) is 19.2 Å². The number of benzene rings is 4. The lowest BCUT2D eigenvalue weighted by Gasteiger charge is -2.16. The molecule has 0 aliphatic rings. The first-order chi connectivity index (χ1) is 23.3. The van der Waals surface area contributed by atoms with Crippen molar-refractivity contribution in [1.29, 1.82) is 0 Å². The highest BCUT2D eigenvalue weighted by molar-refractivity contribution is 5.93. The molecule has 4 aromatic rings. The summed E-state index contributed by atoms with van der Waals surface area (Å²) in [6, 6.07) is 24.3. The van der Waals surface area contributed by atoms with Gasteiger partial charge in [-0.3, -0.25) is 0 Å². The molecule has 8 nitrogen and oxygen atoms in total. The fourth-order valence-electron chi connectivity index (χ4n) is 4.33. The fourth-order valence-corrected chi connectivity index (χ4v) is 4.33. The molecule has 0 spiro atoms. The van der Waals surface area contributed by atoms with E-state index in [2.05, 4.69) is 19.7 Å². The van der Waals surface area contributed by atoms with Gasteiger partial charge in [-0.2, -0.15) is 0 Å². The lowest BCUT2D eigenvalue weighted by molar-refractivity contribution is -0.131. The summed E-state index contributed by atoms with van der Waals surface area (Å²) in [5, 5.41) is 0. The van der Waals surface area contributed by atoms with Crippen LogP contribution in [0.1, 0.15) is 34.6 Å². The molecule has 0 N–H and O–H groups in total. The van der Waals surface area contributed by atoms with Crippen molar-refractivity contribution in [2.24, 2.45) is 0 Å². The molecule has 248 valence electrons. The zero-order valence-corrected chi connectivity index (χ0v) is 28.0. The van der Waals surface area contributed by atoms with Gasteiger partial charge >= 0.3 is 23.9 Å². The Hall–Kier alpha value is -6.28. The quantitative estimate of drug-likeness (QED) is 0.0895. The second-order valence-corrected chi connectivity index (χ2v) is 11.3. The molecule has 0 atom stereocenters. The molecule has 0 saturated carbocycles. The largest absolute Gasteiger partial charge is 0.423 e. The molecule has 0 heterocycles. The van der Waals surface area contributed by atoms with Crippen LogP contribution >= 0.6 is 0 Å². The third kappa shape index (κ3) is 8.96. The van der Waals surface area contributed by atoms with E-state index in [0.29, 0.717) is 56.2 Å². The van der Waals surface area contributed by atoms with Gasteiger partial charge in [-0.15, -0.1) is 0 Å². The van der Waals surface area contributed by atoms with E-state index < -0.39 is 23.9 Å². The fraction of sp³-hybridized carbons (Fsp3) is 0.122. The van der Waals surface area contributed by atoms with E-state index in [4.69, 9.17) is 18.9 Å². The van der Waals surface area contributed by atoms with Gasteiger partial charge in [0, 0.05) is 33.4 Å². The lowest BCUT2D eigenvalue weighted by Crippen LogP contribution is -2.10. The lowest BCUT2D eigenvalue weighted by atomic mass is 9.96. The molecular formula is C41H36O8. The Morgan fingerprint density at radius 1 is 0.469 bits per heavy atom. The van der Waals surface area contributed by atoms with Crippen LogP contribution in [0.15, 0.2) is 133 Å². The molecule has 0 aromatic heterocycles. The Bertz CT molecular complexity index is 2010. The van der Waals surface area contributed by atoms with Gasteiger partial charge in [-0.25, -0.2) is 19.2 Å². The van der Waals surface area contributed by atoms with E-state index in [9.17, 15) is 19.2 Å². The van der Waals surface area contributed by atoms with Crippen molar-refractivity contribution in [1.82, 2.24) is 0 Å². The first-order valence-corrected chi connectivity index (χ1v) is 15.2. The Kier molecular flexibility index (Phi) is 11.3. The van der Waals surface area contributed by atoms with Crippen LogP contribution in [0.4, 0.5) is 0 Å². The highest BCUT2D eigenvalue weighted by atomic mass is 16.5. The number of carbonyl (C=O) groups excluding carboxylic acids is 4. The minimum atomic E-state index is -0.602. The monoisotopic (exact) mass is 656 g/mol. The minimum Gasteiger partial charge on any atom is -0.423 e. The standard InChI is InChI=1S/C41H36O8/c1-9-27(8)41(45)49-37-23-31(15-21-35(37)29-12-18-33(19-13-29)47-39(43)25(4)5)30-14-20-34(36(22-30)48-40(44)26(6)7)28-10-16-32(17-11-28)46-38(42)24(2)3/h9-23H,2,4,6H2,1,3,5,7-8H3/b27-9+. The van der Waals surface area contributed by atoms with Gasteiger partial charge in [0.2, 0.25) is 0 Å². The van der Waals surface area contributed by atoms with Crippen molar-refractivity contribution in [3.8, 4) is 56.4 Å². The summed E-state index contributed by atoms with van der Waals surface area (Å²) in [5.41, 5.74) is 5.20. The molecular weight excluding hydrogens is 620 g/mol. The second kappa shape index (κ2) is 15.5. The van der Waals surface area contributed by atoms with Gasteiger partial charge < -0.3 is 18.9 Å². The predicted octanol–water partition coefficient (Wildman–Crippen LogP) is 9.00. The molecule has 0 fully saturated rings. The highest BCUT2D eigenvalue weighted by Gasteiger charge is 2.18. The van der Waals surface area contributed by atoms with Crippen molar-refractivity contribution >= 4 is 23.9 Å². The molecule has 4 rings (SSSR count). The average Bonchev–Trinajstić information content (AvgIpc) is 3.08. The number of ether oxygens (including phenoxy) is 4. The Morgan fingerprint density at radius 3 is 1.14 bits per heavy atom. The topological polar surface area (TPSA) is 105 Å². The number of hydrogen-bond donors (Lipinski definition) is 0. The van der Waals surface area contributed by atoms with Crippen molar-refractivity contribution in [2.75, 3.05) is 0 Å². The maximum Gasteiger partial charge on any atom is 0.338 e. The summed E-state index contributed by atoms with van der Waals surface area (Å²) in [7, 11) is 0. The van der Waals surface area contributed by atoms with E-state index in [-0.39, 0.29) is 22.5 Å². The van der Waals surface area contributed by atoms with Crippen molar-refractivity contribution in [3.05, 3.63) is 133 Å². The maximum absolute atomic E-state index is 12.9. The van der Waals surface area contributed by atoms with Crippen LogP contribution < -0.4 is 18.9 Å². The van der Waals surface area contributed by atoms with Gasteiger partial charge in [-0.05, 0) is 93.3 Å². The Balaban J connectivity index is 1.76. The van der Waals surface area contributed by atoms with Crippen LogP contribution in [0, 0.1) is 0 Å². The Labute approximate surface area is 285 Å². The van der Waals surface area contributed by atoms with E-state index in [1.165, 1.54) is 0 Å². The maximum atomic E-state index is 12.9. The van der Waals surface area contributed by atoms with Crippen LogP contribution in [0.2, 0.25) is 0 Å². The summed E-state index contributed by atoms with van der Waals surface area (Å²) in [6.45, 7) is 19.0. The smallest absolute Gasteiger partial charge is 0.338 e. The third-order valence-electron chi connectivity index (χ3n) is 7.25. The molecule has 0 amide bonds. The van der Waals surface area contributed by atoms with Crippen molar-refractivity contribution in [3.63, 3.8) is 0 Å². The number of allylic oxidation sites excluding steroid dienone is 1. The van der Waals surface area contributed by atoms with E-state index >= 15 is 0 Å². The van der Waals surface area contributed by atoms with Gasteiger partial charge in [0.25, 0.3) is 0 Å². The first kappa shape index (κ1) is 35.6. The zero-order valence-electron chi connectivity index (χ0n) is 28.0. The number of esters is 4. The molecule has 0 saturated heterocycles. The average molecular weight is 657 g/mol. The number of rotatable bonds is 11. The molecule has 0 bridgehead atoms. The summed E-state index contributed by atoms with van der Waals surface area (Å²) < 4.78 is 22.3. The Morgan fingerprint density at radius 2 is 0.796 bits per heavy atom. The van der Waals surface area contributed by atoms with Gasteiger partial charge in [0.1, 0.15) is 23.0 Å². The van der Waals surface area contributed by atoms with E-state index in [1.807, 2.05) is 18.2 Å². The predicted molar refractivity (Wildman–Crippen MR) is 189 cm³/mol. The van der Waals surface area contributed by atoms with Crippen molar-refractivity contribution < 1.29 is 38.1 Å². The summed E-state index contributed by atoms with van der Waals surface area (Å²) in [6.07, 6.45) is 1.66. The van der Waals surface area contributed by atoms with Crippen LogP contribution in [0.3, 0.4) is 0 Å².